The topological polar surface area (TPSA) is 26.0 Å². The fraction of sp³-hybridized carbons (Fsp3) is 1.00. The molecule has 1 atom stereocenters. The lowest BCUT2D eigenvalue weighted by Gasteiger charge is -2.30. The number of halogens is 1. The molecule has 0 spiro atoms. The van der Waals surface area contributed by atoms with Gasteiger partial charge in [-0.15, -0.1) is 0 Å². The Morgan fingerprint density at radius 2 is 2.09 bits per heavy atom. The van der Waals surface area contributed by atoms with Crippen molar-refractivity contribution in [2.75, 3.05) is 0 Å². The van der Waals surface area contributed by atoms with Gasteiger partial charge >= 0.3 is 0 Å². The van der Waals surface area contributed by atoms with Crippen LogP contribution < -0.4 is 5.73 Å². The molecule has 0 bridgehead atoms. The van der Waals surface area contributed by atoms with E-state index in [1.165, 1.54) is 6.42 Å². The second kappa shape index (κ2) is 2.44. The first-order chi connectivity index (χ1) is 5.20. The van der Waals surface area contributed by atoms with Crippen LogP contribution in [-0.4, -0.2) is 11.7 Å². The van der Waals surface area contributed by atoms with E-state index < -0.39 is 6.17 Å². The maximum atomic E-state index is 13.3. The van der Waals surface area contributed by atoms with Crippen LogP contribution >= 0.6 is 0 Å². The molecule has 0 radical (unpaired) electrons. The number of hydrogen-bond acceptors (Lipinski definition) is 1. The molecule has 0 aliphatic heterocycles. The summed E-state index contributed by atoms with van der Waals surface area (Å²) in [6, 6.07) is 0. The first kappa shape index (κ1) is 7.53. The van der Waals surface area contributed by atoms with E-state index in [9.17, 15) is 4.39 Å². The van der Waals surface area contributed by atoms with Crippen molar-refractivity contribution in [3.05, 3.63) is 0 Å². The van der Waals surface area contributed by atoms with Crippen molar-refractivity contribution >= 4 is 0 Å². The Kier molecular flexibility index (Phi) is 1.67. The van der Waals surface area contributed by atoms with Gasteiger partial charge in [0.1, 0.15) is 6.17 Å². The van der Waals surface area contributed by atoms with Crippen LogP contribution in [0.5, 0.6) is 0 Å². The van der Waals surface area contributed by atoms with Crippen molar-refractivity contribution in [3.8, 4) is 0 Å². The molecule has 0 amide bonds. The molecule has 1 unspecified atom stereocenters. The van der Waals surface area contributed by atoms with Crippen molar-refractivity contribution in [2.45, 2.75) is 50.2 Å². The third-order valence-electron chi connectivity index (χ3n) is 3.16. The highest BCUT2D eigenvalue weighted by Gasteiger charge is 2.42. The van der Waals surface area contributed by atoms with Gasteiger partial charge in [0.15, 0.2) is 0 Å². The summed E-state index contributed by atoms with van der Waals surface area (Å²) in [6.07, 6.45) is 5.52. The third-order valence-corrected chi connectivity index (χ3v) is 3.16. The minimum Gasteiger partial charge on any atom is -0.325 e. The summed E-state index contributed by atoms with van der Waals surface area (Å²) in [7, 11) is 0. The Bertz CT molecular complexity index is 150. The smallest absolute Gasteiger partial charge is 0.105 e. The maximum absolute atomic E-state index is 13.3. The molecule has 2 rings (SSSR count). The predicted molar refractivity (Wildman–Crippen MR) is 43.0 cm³/mol. The Balaban J connectivity index is 1.76. The Morgan fingerprint density at radius 1 is 1.45 bits per heavy atom. The first-order valence-corrected chi connectivity index (χ1v) is 4.63. The molecular formula is C9H16FN. The lowest BCUT2D eigenvalue weighted by molar-refractivity contribution is 0.130. The molecule has 2 fully saturated rings. The summed E-state index contributed by atoms with van der Waals surface area (Å²) in [5.41, 5.74) is 5.74. The second-order valence-electron chi connectivity index (χ2n) is 4.27. The molecule has 0 aromatic rings. The summed E-state index contributed by atoms with van der Waals surface area (Å²) < 4.78 is 13.3. The van der Waals surface area contributed by atoms with Crippen LogP contribution in [0.4, 0.5) is 4.39 Å². The van der Waals surface area contributed by atoms with Gasteiger partial charge in [0.2, 0.25) is 0 Å². The highest BCUT2D eigenvalue weighted by Crippen LogP contribution is 2.42. The van der Waals surface area contributed by atoms with E-state index in [0.29, 0.717) is 12.3 Å². The summed E-state index contributed by atoms with van der Waals surface area (Å²) in [6.45, 7) is 0. The van der Waals surface area contributed by atoms with Gasteiger partial charge in [0.05, 0.1) is 0 Å². The summed E-state index contributed by atoms with van der Waals surface area (Å²) >= 11 is 0. The van der Waals surface area contributed by atoms with E-state index >= 15 is 0 Å². The van der Waals surface area contributed by atoms with E-state index in [1.807, 2.05) is 0 Å². The van der Waals surface area contributed by atoms with Crippen LogP contribution in [0.2, 0.25) is 0 Å². The van der Waals surface area contributed by atoms with Gasteiger partial charge in [0.25, 0.3) is 0 Å². The first-order valence-electron chi connectivity index (χ1n) is 4.63. The molecule has 2 N–H and O–H groups in total. The zero-order valence-electron chi connectivity index (χ0n) is 6.85. The van der Waals surface area contributed by atoms with Crippen molar-refractivity contribution < 1.29 is 4.39 Å². The van der Waals surface area contributed by atoms with Crippen LogP contribution in [0.15, 0.2) is 0 Å². The highest BCUT2D eigenvalue weighted by molar-refractivity contribution is 5.01. The number of hydrogen-bond donors (Lipinski definition) is 1. The van der Waals surface area contributed by atoms with Gasteiger partial charge in [-0.25, -0.2) is 4.39 Å². The van der Waals surface area contributed by atoms with Crippen molar-refractivity contribution in [1.82, 2.24) is 0 Å². The van der Waals surface area contributed by atoms with E-state index in [2.05, 4.69) is 0 Å². The van der Waals surface area contributed by atoms with Gasteiger partial charge in [-0.05, 0) is 38.0 Å². The van der Waals surface area contributed by atoms with Crippen LogP contribution in [0.25, 0.3) is 0 Å². The van der Waals surface area contributed by atoms with E-state index in [1.54, 1.807) is 0 Å². The monoisotopic (exact) mass is 157 g/mol. The standard InChI is InChI=1S/C9H16FN/c10-8(7-2-1-3-7)6-9(11)4-5-9/h7-8H,1-6,11H2. The van der Waals surface area contributed by atoms with Crippen LogP contribution in [-0.2, 0) is 0 Å². The summed E-state index contributed by atoms with van der Waals surface area (Å²) in [4.78, 5) is 0. The molecule has 0 aromatic heterocycles. The molecular weight excluding hydrogens is 141 g/mol. The Hall–Kier alpha value is -0.110. The van der Waals surface area contributed by atoms with Gasteiger partial charge in [-0.2, -0.15) is 0 Å². The molecule has 0 aromatic carbocycles. The number of rotatable bonds is 3. The SMILES string of the molecule is NC1(CC(F)C2CCC2)CC1. The molecule has 2 aliphatic carbocycles. The minimum atomic E-state index is -0.601. The molecule has 2 aliphatic rings. The van der Waals surface area contributed by atoms with Gasteiger partial charge in [-0.1, -0.05) is 6.42 Å². The maximum Gasteiger partial charge on any atom is 0.105 e. The van der Waals surface area contributed by atoms with Gasteiger partial charge in [-0.3, -0.25) is 0 Å². The Labute approximate surface area is 67.2 Å². The molecule has 0 heterocycles. The van der Waals surface area contributed by atoms with Crippen molar-refractivity contribution in [1.29, 1.82) is 0 Å². The number of nitrogens with two attached hydrogens (primary N) is 1. The predicted octanol–water partition coefficient (Wildman–Crippen LogP) is 2.01. The summed E-state index contributed by atoms with van der Waals surface area (Å²) in [5, 5.41) is 0. The molecule has 1 nitrogen and oxygen atoms in total. The van der Waals surface area contributed by atoms with Gasteiger partial charge < -0.3 is 5.73 Å². The number of alkyl halides is 1. The van der Waals surface area contributed by atoms with E-state index in [-0.39, 0.29) is 5.54 Å². The molecule has 0 saturated heterocycles. The minimum absolute atomic E-state index is 0.0883. The lowest BCUT2D eigenvalue weighted by Crippen LogP contribution is -2.32. The quantitative estimate of drug-likeness (QED) is 0.666. The largest absolute Gasteiger partial charge is 0.325 e. The molecule has 2 saturated carbocycles. The van der Waals surface area contributed by atoms with Crippen LogP contribution in [0.3, 0.4) is 0 Å². The lowest BCUT2D eigenvalue weighted by atomic mass is 9.79. The normalized spacial score (nSPS) is 31.1. The third kappa shape index (κ3) is 1.56. The van der Waals surface area contributed by atoms with Gasteiger partial charge in [0, 0.05) is 5.54 Å². The molecule has 11 heavy (non-hydrogen) atoms. The summed E-state index contributed by atoms with van der Waals surface area (Å²) in [5.74, 6) is 0.357. The second-order valence-corrected chi connectivity index (χ2v) is 4.27. The molecule has 64 valence electrons. The Morgan fingerprint density at radius 3 is 2.45 bits per heavy atom. The van der Waals surface area contributed by atoms with E-state index in [4.69, 9.17) is 5.73 Å². The zero-order chi connectivity index (χ0) is 7.90. The van der Waals surface area contributed by atoms with E-state index in [0.717, 1.165) is 25.7 Å². The highest BCUT2D eigenvalue weighted by atomic mass is 19.1. The molecule has 2 heteroatoms. The average molecular weight is 157 g/mol. The fourth-order valence-electron chi connectivity index (χ4n) is 1.72. The van der Waals surface area contributed by atoms with Crippen molar-refractivity contribution in [2.24, 2.45) is 11.7 Å². The zero-order valence-corrected chi connectivity index (χ0v) is 6.85. The van der Waals surface area contributed by atoms with Crippen molar-refractivity contribution in [3.63, 3.8) is 0 Å². The average Bonchev–Trinajstić information content (AvgIpc) is 2.41. The van der Waals surface area contributed by atoms with Crippen LogP contribution in [0, 0.1) is 5.92 Å². The fourth-order valence-corrected chi connectivity index (χ4v) is 1.72. The van der Waals surface area contributed by atoms with Crippen LogP contribution in [0.1, 0.15) is 38.5 Å².